The molecule has 18 heavy (non-hydrogen) atoms. The summed E-state index contributed by atoms with van der Waals surface area (Å²) in [5.41, 5.74) is 5.50. The van der Waals surface area contributed by atoms with Crippen molar-refractivity contribution in [2.45, 2.75) is 26.3 Å². The van der Waals surface area contributed by atoms with Gasteiger partial charge in [-0.15, -0.1) is 11.3 Å². The van der Waals surface area contributed by atoms with Crippen molar-refractivity contribution in [3.05, 3.63) is 54.8 Å². The number of aryl methyl sites for hydroxylation is 2. The quantitative estimate of drug-likeness (QED) is 0.782. The zero-order valence-electron chi connectivity index (χ0n) is 11.0. The summed E-state index contributed by atoms with van der Waals surface area (Å²) < 4.78 is 1.35. The third-order valence-electron chi connectivity index (χ3n) is 3.06. The molecule has 1 nitrogen and oxygen atoms in total. The van der Waals surface area contributed by atoms with Gasteiger partial charge in [0.1, 0.15) is 0 Å². The molecule has 2 aromatic rings. The lowest BCUT2D eigenvalue weighted by Gasteiger charge is -2.16. The van der Waals surface area contributed by atoms with Gasteiger partial charge in [-0.05, 0) is 72.5 Å². The molecule has 1 aromatic carbocycles. The SMILES string of the molecule is CNC(Cc1cc(C)cc(C)c1)c1csc(I)c1. The monoisotopic (exact) mass is 371 g/mol. The standard InChI is InChI=1S/C15H18INS/c1-10-4-11(2)6-12(5-10)7-14(17-3)13-8-15(16)18-9-13/h4-6,8-9,14,17H,7H2,1-3H3. The number of likely N-dealkylation sites (N-methyl/N-ethyl adjacent to an activating group) is 1. The van der Waals surface area contributed by atoms with Crippen LogP contribution in [0.15, 0.2) is 29.6 Å². The topological polar surface area (TPSA) is 12.0 Å². The Balaban J connectivity index is 2.20. The van der Waals surface area contributed by atoms with E-state index in [1.165, 1.54) is 25.1 Å². The molecule has 0 amide bonds. The fourth-order valence-corrected chi connectivity index (χ4v) is 3.74. The second kappa shape index (κ2) is 6.17. The third-order valence-corrected chi connectivity index (χ3v) is 4.87. The lowest BCUT2D eigenvalue weighted by molar-refractivity contribution is 0.593. The number of nitrogens with one attached hydrogen (secondary N) is 1. The minimum absolute atomic E-state index is 0.408. The van der Waals surface area contributed by atoms with E-state index in [1.807, 2.05) is 18.4 Å². The molecule has 0 aliphatic carbocycles. The molecule has 0 aliphatic rings. The summed E-state index contributed by atoms with van der Waals surface area (Å²) in [5, 5.41) is 5.68. The van der Waals surface area contributed by atoms with Crippen LogP contribution < -0.4 is 5.32 Å². The van der Waals surface area contributed by atoms with Crippen molar-refractivity contribution in [2.24, 2.45) is 0 Å². The van der Waals surface area contributed by atoms with Gasteiger partial charge in [-0.1, -0.05) is 29.3 Å². The number of thiophene rings is 1. The van der Waals surface area contributed by atoms with E-state index < -0.39 is 0 Å². The maximum absolute atomic E-state index is 3.42. The van der Waals surface area contributed by atoms with Crippen molar-refractivity contribution in [1.29, 1.82) is 0 Å². The average Bonchev–Trinajstić information content (AvgIpc) is 2.71. The fraction of sp³-hybridized carbons (Fsp3) is 0.333. The van der Waals surface area contributed by atoms with Gasteiger partial charge in [0.2, 0.25) is 0 Å². The van der Waals surface area contributed by atoms with Gasteiger partial charge in [-0.3, -0.25) is 0 Å². The van der Waals surface area contributed by atoms with Crippen molar-refractivity contribution in [3.63, 3.8) is 0 Å². The van der Waals surface area contributed by atoms with E-state index in [1.54, 1.807) is 0 Å². The maximum atomic E-state index is 3.42. The largest absolute Gasteiger partial charge is 0.313 e. The highest BCUT2D eigenvalue weighted by Gasteiger charge is 2.12. The van der Waals surface area contributed by atoms with Crippen LogP contribution in [0.2, 0.25) is 0 Å². The molecule has 96 valence electrons. The Morgan fingerprint density at radius 2 is 1.83 bits per heavy atom. The summed E-state index contributed by atoms with van der Waals surface area (Å²) in [6, 6.07) is 9.48. The predicted molar refractivity (Wildman–Crippen MR) is 88.5 cm³/mol. The number of hydrogen-bond donors (Lipinski definition) is 1. The highest BCUT2D eigenvalue weighted by Crippen LogP contribution is 2.25. The fourth-order valence-electron chi connectivity index (χ4n) is 2.32. The van der Waals surface area contributed by atoms with Crippen LogP contribution in [-0.4, -0.2) is 7.05 Å². The van der Waals surface area contributed by atoms with Crippen molar-refractivity contribution in [2.75, 3.05) is 7.05 Å². The Labute approximate surface area is 127 Å². The molecular weight excluding hydrogens is 353 g/mol. The van der Waals surface area contributed by atoms with E-state index in [4.69, 9.17) is 0 Å². The maximum Gasteiger partial charge on any atom is 0.0656 e. The molecule has 0 radical (unpaired) electrons. The number of rotatable bonds is 4. The van der Waals surface area contributed by atoms with Crippen LogP contribution in [0.3, 0.4) is 0 Å². The van der Waals surface area contributed by atoms with Gasteiger partial charge in [-0.2, -0.15) is 0 Å². The molecule has 2 rings (SSSR count). The molecule has 1 aromatic heterocycles. The first-order valence-corrected chi connectivity index (χ1v) is 8.02. The van der Waals surface area contributed by atoms with Gasteiger partial charge < -0.3 is 5.32 Å². The highest BCUT2D eigenvalue weighted by molar-refractivity contribution is 14.1. The number of hydrogen-bond acceptors (Lipinski definition) is 2. The van der Waals surface area contributed by atoms with Gasteiger partial charge in [0, 0.05) is 6.04 Å². The Morgan fingerprint density at radius 3 is 2.33 bits per heavy atom. The third kappa shape index (κ3) is 3.56. The van der Waals surface area contributed by atoms with Gasteiger partial charge >= 0.3 is 0 Å². The smallest absolute Gasteiger partial charge is 0.0656 e. The van der Waals surface area contributed by atoms with Crippen molar-refractivity contribution in [1.82, 2.24) is 5.32 Å². The van der Waals surface area contributed by atoms with Crippen LogP contribution in [0.25, 0.3) is 0 Å². The zero-order valence-corrected chi connectivity index (χ0v) is 13.9. The summed E-state index contributed by atoms with van der Waals surface area (Å²) >= 11 is 4.19. The van der Waals surface area contributed by atoms with Gasteiger partial charge in [0.15, 0.2) is 0 Å². The zero-order chi connectivity index (χ0) is 13.1. The molecule has 3 heteroatoms. The second-order valence-electron chi connectivity index (χ2n) is 4.73. The van der Waals surface area contributed by atoms with Crippen molar-refractivity contribution in [3.8, 4) is 0 Å². The molecule has 1 heterocycles. The van der Waals surface area contributed by atoms with Crippen LogP contribution in [0.4, 0.5) is 0 Å². The average molecular weight is 371 g/mol. The van der Waals surface area contributed by atoms with E-state index in [-0.39, 0.29) is 0 Å². The molecular formula is C15H18INS. The summed E-state index contributed by atoms with van der Waals surface area (Å²) in [5.74, 6) is 0. The van der Waals surface area contributed by atoms with Crippen LogP contribution in [-0.2, 0) is 6.42 Å². The first-order chi connectivity index (χ1) is 8.58. The van der Waals surface area contributed by atoms with Crippen molar-refractivity contribution < 1.29 is 0 Å². The first kappa shape index (κ1) is 14.0. The minimum atomic E-state index is 0.408. The second-order valence-corrected chi connectivity index (χ2v) is 7.53. The normalized spacial score (nSPS) is 12.7. The van der Waals surface area contributed by atoms with Crippen LogP contribution >= 0.6 is 33.9 Å². The molecule has 0 spiro atoms. The lowest BCUT2D eigenvalue weighted by Crippen LogP contribution is -2.18. The summed E-state index contributed by atoms with van der Waals surface area (Å²) in [6.07, 6.45) is 1.05. The van der Waals surface area contributed by atoms with Gasteiger partial charge in [-0.25, -0.2) is 0 Å². The number of halogens is 1. The molecule has 1 N–H and O–H groups in total. The molecule has 1 unspecified atom stereocenters. The van der Waals surface area contributed by atoms with E-state index in [9.17, 15) is 0 Å². The molecule has 0 bridgehead atoms. The summed E-state index contributed by atoms with van der Waals surface area (Å²) in [6.45, 7) is 4.33. The Bertz CT molecular complexity index is 513. The predicted octanol–water partition coefficient (Wildman–Crippen LogP) is 4.47. The van der Waals surface area contributed by atoms with E-state index in [0.29, 0.717) is 6.04 Å². The van der Waals surface area contributed by atoms with Crippen molar-refractivity contribution >= 4 is 33.9 Å². The molecule has 0 aliphatic heterocycles. The van der Waals surface area contributed by atoms with Gasteiger partial charge in [0.25, 0.3) is 0 Å². The van der Waals surface area contributed by atoms with E-state index >= 15 is 0 Å². The lowest BCUT2D eigenvalue weighted by atomic mass is 9.98. The van der Waals surface area contributed by atoms with Crippen LogP contribution in [0.5, 0.6) is 0 Å². The van der Waals surface area contributed by atoms with E-state index in [0.717, 1.165) is 6.42 Å². The summed E-state index contributed by atoms with van der Waals surface area (Å²) in [4.78, 5) is 0. The Hall–Kier alpha value is -0.390. The Kier molecular flexibility index (Phi) is 4.81. The summed E-state index contributed by atoms with van der Waals surface area (Å²) in [7, 11) is 2.04. The molecule has 0 saturated heterocycles. The first-order valence-electron chi connectivity index (χ1n) is 6.07. The highest BCUT2D eigenvalue weighted by atomic mass is 127. The van der Waals surface area contributed by atoms with E-state index in [2.05, 4.69) is 71.4 Å². The number of benzene rings is 1. The minimum Gasteiger partial charge on any atom is -0.313 e. The molecule has 1 atom stereocenters. The Morgan fingerprint density at radius 1 is 1.17 bits per heavy atom. The van der Waals surface area contributed by atoms with Crippen LogP contribution in [0, 0.1) is 16.7 Å². The molecule has 0 saturated carbocycles. The van der Waals surface area contributed by atoms with Crippen LogP contribution in [0.1, 0.15) is 28.3 Å². The van der Waals surface area contributed by atoms with Gasteiger partial charge in [0.05, 0.1) is 2.88 Å². The molecule has 0 fully saturated rings.